The number of aliphatic imine (C=N–C) groups is 2. The highest BCUT2D eigenvalue weighted by atomic mass is 16.4. The van der Waals surface area contributed by atoms with Crippen LogP contribution in [-0.4, -0.2) is 62.0 Å². The number of rotatable bonds is 7. The standard InChI is InChI=1S/C26H34N6O3/c1-25(2,35)10-11-29-23(15-28-4)32(24(33)34)16-20-6-5-9-26(3,13-20)17-31-18-30-21-8-7-19(14-27)12-22(21)31/h7-8,10-12,15,18,20,35H,5-6,9,13,16-17H2,1-4H3,(H,33,34)/b11-10+,28-15?,29-23?. The molecule has 1 aromatic heterocycles. The summed E-state index contributed by atoms with van der Waals surface area (Å²) in [5, 5.41) is 29.1. The summed E-state index contributed by atoms with van der Waals surface area (Å²) in [6.45, 7) is 6.53. The van der Waals surface area contributed by atoms with E-state index in [4.69, 9.17) is 0 Å². The zero-order valence-corrected chi connectivity index (χ0v) is 20.8. The molecule has 1 amide bonds. The number of imidazole rings is 1. The second-order valence-corrected chi connectivity index (χ2v) is 10.2. The van der Waals surface area contributed by atoms with Gasteiger partial charge in [-0.2, -0.15) is 5.26 Å². The fourth-order valence-electron chi connectivity index (χ4n) is 4.79. The van der Waals surface area contributed by atoms with E-state index in [0.29, 0.717) is 12.1 Å². The van der Waals surface area contributed by atoms with E-state index in [2.05, 4.69) is 32.5 Å². The predicted octanol–water partition coefficient (Wildman–Crippen LogP) is 4.47. The lowest BCUT2D eigenvalue weighted by Gasteiger charge is -2.39. The summed E-state index contributed by atoms with van der Waals surface area (Å²) in [5.74, 6) is 0.375. The van der Waals surface area contributed by atoms with E-state index < -0.39 is 11.7 Å². The van der Waals surface area contributed by atoms with Gasteiger partial charge >= 0.3 is 6.09 Å². The fourth-order valence-corrected chi connectivity index (χ4v) is 4.79. The van der Waals surface area contributed by atoms with Crippen molar-refractivity contribution in [1.82, 2.24) is 14.5 Å². The van der Waals surface area contributed by atoms with Crippen molar-refractivity contribution in [3.63, 3.8) is 0 Å². The molecule has 186 valence electrons. The summed E-state index contributed by atoms with van der Waals surface area (Å²) in [6.07, 6.45) is 8.88. The molecule has 1 fully saturated rings. The Balaban J connectivity index is 1.79. The SMILES string of the molecule is CN=CC(=N/C=C/C(C)(C)O)N(CC1CCCC(C)(Cn2cnc3ccc(C#N)cc32)C1)C(=O)O. The van der Waals surface area contributed by atoms with Gasteiger partial charge in [-0.25, -0.2) is 14.8 Å². The van der Waals surface area contributed by atoms with Crippen molar-refractivity contribution in [2.45, 2.75) is 58.6 Å². The molecular weight excluding hydrogens is 444 g/mol. The Morgan fingerprint density at radius 2 is 2.23 bits per heavy atom. The van der Waals surface area contributed by atoms with Crippen LogP contribution >= 0.6 is 0 Å². The van der Waals surface area contributed by atoms with Crippen molar-refractivity contribution in [3.8, 4) is 6.07 Å². The Morgan fingerprint density at radius 1 is 1.46 bits per heavy atom. The Labute approximate surface area is 206 Å². The fraction of sp³-hybridized carbons (Fsp3) is 0.500. The molecule has 2 atom stereocenters. The quantitative estimate of drug-likeness (QED) is 0.448. The van der Waals surface area contributed by atoms with Gasteiger partial charge in [-0.3, -0.25) is 9.89 Å². The average Bonchev–Trinajstić information content (AvgIpc) is 3.17. The molecule has 1 aromatic carbocycles. The number of hydrogen-bond acceptors (Lipinski definition) is 6. The molecule has 2 unspecified atom stereocenters. The summed E-state index contributed by atoms with van der Waals surface area (Å²) in [6, 6.07) is 7.69. The highest BCUT2D eigenvalue weighted by Gasteiger charge is 2.35. The average molecular weight is 479 g/mol. The topological polar surface area (TPSA) is 127 Å². The van der Waals surface area contributed by atoms with E-state index in [1.54, 1.807) is 27.0 Å². The zero-order valence-electron chi connectivity index (χ0n) is 20.8. The number of nitrogens with zero attached hydrogens (tertiary/aromatic N) is 6. The second-order valence-electron chi connectivity index (χ2n) is 10.2. The minimum atomic E-state index is -1.09. The number of aliphatic hydroxyl groups is 1. The summed E-state index contributed by atoms with van der Waals surface area (Å²) in [5.41, 5.74) is 1.30. The van der Waals surface area contributed by atoms with Crippen molar-refractivity contribution in [1.29, 1.82) is 5.26 Å². The van der Waals surface area contributed by atoms with E-state index in [1.807, 2.05) is 18.5 Å². The molecule has 1 aliphatic carbocycles. The maximum atomic E-state index is 12.1. The summed E-state index contributed by atoms with van der Waals surface area (Å²) in [7, 11) is 1.57. The van der Waals surface area contributed by atoms with Gasteiger partial charge in [0.25, 0.3) is 0 Å². The van der Waals surface area contributed by atoms with E-state index in [9.17, 15) is 20.3 Å². The van der Waals surface area contributed by atoms with Crippen LogP contribution in [0.3, 0.4) is 0 Å². The first-order valence-corrected chi connectivity index (χ1v) is 11.8. The van der Waals surface area contributed by atoms with Gasteiger partial charge in [0.05, 0.1) is 40.8 Å². The van der Waals surface area contributed by atoms with Crippen LogP contribution in [0.2, 0.25) is 0 Å². The third kappa shape index (κ3) is 6.99. The normalized spacial score (nSPS) is 21.6. The number of benzene rings is 1. The van der Waals surface area contributed by atoms with Crippen LogP contribution in [0.5, 0.6) is 0 Å². The van der Waals surface area contributed by atoms with Gasteiger partial charge in [0, 0.05) is 26.3 Å². The molecule has 9 heteroatoms. The van der Waals surface area contributed by atoms with Crippen molar-refractivity contribution < 1.29 is 15.0 Å². The Morgan fingerprint density at radius 3 is 2.89 bits per heavy atom. The molecule has 9 nitrogen and oxygen atoms in total. The van der Waals surface area contributed by atoms with Crippen molar-refractivity contribution in [3.05, 3.63) is 42.4 Å². The van der Waals surface area contributed by atoms with Gasteiger partial charge in [-0.15, -0.1) is 0 Å². The summed E-state index contributed by atoms with van der Waals surface area (Å²) in [4.78, 5) is 26.1. The highest BCUT2D eigenvalue weighted by Crippen LogP contribution is 2.41. The van der Waals surface area contributed by atoms with E-state index in [-0.39, 0.29) is 17.2 Å². The maximum absolute atomic E-state index is 12.1. The molecule has 0 bridgehead atoms. The molecule has 1 saturated carbocycles. The number of aromatic nitrogens is 2. The van der Waals surface area contributed by atoms with Gasteiger partial charge in [0.1, 0.15) is 0 Å². The molecule has 35 heavy (non-hydrogen) atoms. The van der Waals surface area contributed by atoms with Gasteiger partial charge in [-0.1, -0.05) is 13.3 Å². The van der Waals surface area contributed by atoms with Crippen LogP contribution in [0.15, 0.2) is 46.8 Å². The van der Waals surface area contributed by atoms with Gasteiger partial charge in [0.15, 0.2) is 5.84 Å². The van der Waals surface area contributed by atoms with Crippen LogP contribution in [0, 0.1) is 22.7 Å². The number of hydrogen-bond donors (Lipinski definition) is 2. The number of carbonyl (C=O) groups is 1. The summed E-state index contributed by atoms with van der Waals surface area (Å²) < 4.78 is 2.10. The maximum Gasteiger partial charge on any atom is 0.413 e. The van der Waals surface area contributed by atoms with Crippen LogP contribution in [0.4, 0.5) is 4.79 Å². The van der Waals surface area contributed by atoms with Crippen molar-refractivity contribution in [2.24, 2.45) is 21.3 Å². The first-order valence-electron chi connectivity index (χ1n) is 11.8. The van der Waals surface area contributed by atoms with E-state index >= 15 is 0 Å². The van der Waals surface area contributed by atoms with Crippen LogP contribution in [0.25, 0.3) is 11.0 Å². The highest BCUT2D eigenvalue weighted by molar-refractivity contribution is 6.32. The van der Waals surface area contributed by atoms with E-state index in [0.717, 1.165) is 43.3 Å². The largest absolute Gasteiger partial charge is 0.465 e. The molecule has 2 aromatic rings. The third-order valence-corrected chi connectivity index (χ3v) is 6.36. The molecule has 0 aliphatic heterocycles. The molecule has 3 rings (SSSR count). The lowest BCUT2D eigenvalue weighted by atomic mass is 9.70. The van der Waals surface area contributed by atoms with E-state index in [1.165, 1.54) is 23.4 Å². The zero-order chi connectivity index (χ0) is 25.6. The molecule has 0 saturated heterocycles. The van der Waals surface area contributed by atoms with Crippen LogP contribution in [-0.2, 0) is 6.54 Å². The number of nitriles is 1. The molecule has 1 heterocycles. The first-order chi connectivity index (χ1) is 16.5. The smallest absolute Gasteiger partial charge is 0.413 e. The molecular formula is C26H34N6O3. The predicted molar refractivity (Wildman–Crippen MR) is 137 cm³/mol. The number of fused-ring (bicyclic) bond motifs is 1. The number of carboxylic acid groups (broad SMARTS) is 1. The Hall–Kier alpha value is -3.51. The minimum Gasteiger partial charge on any atom is -0.465 e. The second kappa shape index (κ2) is 10.8. The minimum absolute atomic E-state index is 0.0413. The molecule has 0 spiro atoms. The third-order valence-electron chi connectivity index (χ3n) is 6.36. The number of amides is 1. The lowest BCUT2D eigenvalue weighted by Crippen LogP contribution is -2.42. The van der Waals surface area contributed by atoms with Crippen molar-refractivity contribution in [2.75, 3.05) is 13.6 Å². The van der Waals surface area contributed by atoms with Gasteiger partial charge in [0.2, 0.25) is 0 Å². The van der Waals surface area contributed by atoms with Gasteiger partial charge in [-0.05, 0) is 68.7 Å². The first kappa shape index (κ1) is 26.1. The molecule has 0 radical (unpaired) electrons. The number of amidine groups is 1. The monoisotopic (exact) mass is 478 g/mol. The summed E-state index contributed by atoms with van der Waals surface area (Å²) >= 11 is 0. The lowest BCUT2D eigenvalue weighted by molar-refractivity contribution is 0.114. The molecule has 2 N–H and O–H groups in total. The molecule has 1 aliphatic rings. The van der Waals surface area contributed by atoms with Crippen molar-refractivity contribution >= 4 is 29.2 Å². The van der Waals surface area contributed by atoms with Crippen LogP contribution < -0.4 is 0 Å². The Kier molecular flexibility index (Phi) is 8.07. The Bertz CT molecular complexity index is 1180. The van der Waals surface area contributed by atoms with Gasteiger partial charge < -0.3 is 14.8 Å². The van der Waals surface area contributed by atoms with Crippen LogP contribution in [0.1, 0.15) is 52.0 Å².